The molecule has 364 valence electrons. The van der Waals surface area contributed by atoms with Crippen LogP contribution in [0.5, 0.6) is 11.5 Å². The van der Waals surface area contributed by atoms with Crippen molar-refractivity contribution < 1.29 is 29.3 Å². The molecule has 3 fully saturated rings. The van der Waals surface area contributed by atoms with Crippen molar-refractivity contribution in [1.82, 2.24) is 15.2 Å². The first-order valence-corrected chi connectivity index (χ1v) is 27.5. The van der Waals surface area contributed by atoms with E-state index in [4.69, 9.17) is 25.9 Å². The number of benzene rings is 2. The minimum atomic E-state index is -0.601. The number of aliphatic imine (C=N–C) groups is 1. The number of nitrogens with two attached hydrogens (primary N) is 2. The molecule has 6 unspecified atom stereocenters. The molecule has 1 saturated heterocycles. The van der Waals surface area contributed by atoms with Gasteiger partial charge in [0.1, 0.15) is 18.0 Å². The molecule has 3 aromatic rings. The second-order valence-corrected chi connectivity index (χ2v) is 23.2. The average molecular weight is 955 g/mol. The molecule has 3 aliphatic heterocycles. The number of phenols is 1. The number of aliphatic hydroxyl groups is 1. The third-order valence-electron chi connectivity index (χ3n) is 15.2. The zero-order chi connectivity index (χ0) is 46.8. The Labute approximate surface area is 406 Å². The van der Waals surface area contributed by atoms with E-state index in [1.54, 1.807) is 6.20 Å². The van der Waals surface area contributed by atoms with Crippen LogP contribution in [-0.4, -0.2) is 80.0 Å². The van der Waals surface area contributed by atoms with Gasteiger partial charge in [0, 0.05) is 67.9 Å². The fraction of sp³-hybridized carbons (Fsp3) is 0.623. The van der Waals surface area contributed by atoms with Crippen molar-refractivity contribution in [1.29, 1.82) is 0 Å². The number of carbonyl (C=O) groups excluding carboxylic acids is 2. The van der Waals surface area contributed by atoms with Crippen molar-refractivity contribution >= 4 is 45.2 Å². The number of esters is 1. The molecular weight excluding hydrogens is 881 g/mol. The summed E-state index contributed by atoms with van der Waals surface area (Å²) in [6.45, 7) is 2.60. The number of aliphatic hydroxyl groups excluding tert-OH is 1. The fourth-order valence-corrected chi connectivity index (χ4v) is 15.2. The van der Waals surface area contributed by atoms with E-state index in [2.05, 4.69) is 46.7 Å². The van der Waals surface area contributed by atoms with Crippen LogP contribution in [-0.2, 0) is 46.6 Å². The number of guanidine groups is 1. The first-order valence-electron chi connectivity index (χ1n) is 25.2. The van der Waals surface area contributed by atoms with Gasteiger partial charge in [-0.25, -0.2) is 4.98 Å². The minimum absolute atomic E-state index is 0.0199. The first kappa shape index (κ1) is 49.3. The van der Waals surface area contributed by atoms with Gasteiger partial charge >= 0.3 is 5.97 Å². The summed E-state index contributed by atoms with van der Waals surface area (Å²) >= 11 is 0. The number of rotatable bonds is 6. The van der Waals surface area contributed by atoms with Gasteiger partial charge in [-0.05, 0) is 143 Å². The average Bonchev–Trinajstić information content (AvgIpc) is 3.99. The van der Waals surface area contributed by atoms with Crippen molar-refractivity contribution in [2.24, 2.45) is 28.0 Å². The van der Waals surface area contributed by atoms with Gasteiger partial charge in [0.05, 0.1) is 11.0 Å². The number of ether oxygens (including phenoxy) is 2. The molecule has 4 bridgehead atoms. The van der Waals surface area contributed by atoms with Gasteiger partial charge in [-0.2, -0.15) is 0 Å². The lowest BCUT2D eigenvalue weighted by Crippen LogP contribution is -2.47. The minimum Gasteiger partial charge on any atom is -0.504 e. The summed E-state index contributed by atoms with van der Waals surface area (Å²) in [4.78, 5) is 37.6. The highest BCUT2D eigenvalue weighted by Gasteiger charge is 2.44. The smallest absolute Gasteiger partial charge is 0.302 e. The second-order valence-electron chi connectivity index (χ2n) is 20.5. The third kappa shape index (κ3) is 13.3. The van der Waals surface area contributed by atoms with Crippen LogP contribution < -0.4 is 21.5 Å². The summed E-state index contributed by atoms with van der Waals surface area (Å²) in [5.41, 5.74) is 17.5. The summed E-state index contributed by atoms with van der Waals surface area (Å²) in [6, 6.07) is 16.7. The Morgan fingerprint density at radius 3 is 2.58 bits per heavy atom. The standard InChI is InChI=1S/C53H74N6O6S2/c1-36(60)64-44-20-18-41-29-42(49(63)50-45(41)21-19-40-13-9-15-46(40)65-50)33-59-35-52(32-48(59)62,31-39-22-26-56-47(54)28-39)25-27-57-51(55)58-53(23-7-8-24-53)67-66-34-38(12-5-6-14-43(61)30-44)17-16-37-10-3-2-4-11-37/h2-4,10-11,22,26,28-29,38,40,43-44,46,61,63H,5-9,12-21,23-25,27,30-35H2,1H3,(H2,54,56)(H3,55,57,58). The predicted octanol–water partition coefficient (Wildman–Crippen LogP) is 9.21. The first-order chi connectivity index (χ1) is 32.4. The number of nitrogens with zero attached hydrogens (tertiary/aromatic N) is 3. The van der Waals surface area contributed by atoms with E-state index >= 15 is 0 Å². The molecule has 67 heavy (non-hydrogen) atoms. The molecule has 7 N–H and O–H groups in total. The van der Waals surface area contributed by atoms with Crippen molar-refractivity contribution in [2.45, 2.75) is 171 Å². The van der Waals surface area contributed by atoms with E-state index in [0.29, 0.717) is 93.0 Å². The van der Waals surface area contributed by atoms with Gasteiger partial charge in [-0.15, -0.1) is 0 Å². The molecule has 0 radical (unpaired) electrons. The highest BCUT2D eigenvalue weighted by Crippen LogP contribution is 2.48. The molecular formula is C53H74N6O6S2. The number of phenolic OH excluding ortho intramolecular Hbond substituents is 1. The molecule has 1 amide bonds. The van der Waals surface area contributed by atoms with Crippen LogP contribution in [0.1, 0.15) is 144 Å². The number of pyridine rings is 1. The van der Waals surface area contributed by atoms with E-state index in [-0.39, 0.29) is 35.1 Å². The molecule has 2 aliphatic carbocycles. The Balaban J connectivity index is 1.08. The highest BCUT2D eigenvalue weighted by molar-refractivity contribution is 8.77. The Morgan fingerprint density at radius 1 is 0.955 bits per heavy atom. The van der Waals surface area contributed by atoms with Crippen LogP contribution in [0, 0.1) is 17.3 Å². The maximum Gasteiger partial charge on any atom is 0.302 e. The van der Waals surface area contributed by atoms with Crippen LogP contribution in [0.25, 0.3) is 0 Å². The van der Waals surface area contributed by atoms with Crippen molar-refractivity contribution in [3.05, 3.63) is 82.5 Å². The van der Waals surface area contributed by atoms with Crippen molar-refractivity contribution in [3.8, 4) is 11.5 Å². The summed E-state index contributed by atoms with van der Waals surface area (Å²) < 4.78 is 12.7. The fourth-order valence-electron chi connectivity index (χ4n) is 11.7. The van der Waals surface area contributed by atoms with Crippen molar-refractivity contribution in [3.63, 3.8) is 0 Å². The van der Waals surface area contributed by atoms with Crippen molar-refractivity contribution in [2.75, 3.05) is 24.6 Å². The van der Waals surface area contributed by atoms with Crippen LogP contribution in [0.2, 0.25) is 0 Å². The molecule has 4 heterocycles. The lowest BCUT2D eigenvalue weighted by molar-refractivity contribution is -0.148. The van der Waals surface area contributed by atoms with Gasteiger partial charge in [-0.1, -0.05) is 77.6 Å². The molecule has 6 atom stereocenters. The quantitative estimate of drug-likeness (QED) is 0.117. The topological polar surface area (TPSA) is 186 Å². The number of carbonyl (C=O) groups is 2. The summed E-state index contributed by atoms with van der Waals surface area (Å²) in [6.07, 6.45) is 18.8. The summed E-state index contributed by atoms with van der Waals surface area (Å²) in [7, 11) is 3.86. The van der Waals surface area contributed by atoms with Gasteiger partial charge < -0.3 is 41.4 Å². The molecule has 14 heteroatoms. The van der Waals surface area contributed by atoms with E-state index in [0.717, 1.165) is 112 Å². The molecule has 1 spiro atoms. The molecule has 2 aromatic carbocycles. The van der Waals surface area contributed by atoms with E-state index < -0.39 is 17.6 Å². The molecule has 12 nitrogen and oxygen atoms in total. The number of aromatic nitrogens is 1. The lowest BCUT2D eigenvalue weighted by atomic mass is 9.78. The number of aromatic hydroxyl groups is 1. The number of hydrogen-bond acceptors (Lipinski definition) is 13. The Kier molecular flexibility index (Phi) is 16.9. The SMILES string of the molecule is CC(=O)OC1CCc2cc(c(O)c3c2CCC2CCCC2O3)CN2CC(Cc3ccnc(N)c3)(CCN=C(N)NC3(CCCC3)SSCC(CCc3ccccc3)CCCCC(O)C1)CC2=O. The molecule has 1 aromatic heterocycles. The van der Waals surface area contributed by atoms with Gasteiger partial charge in [0.15, 0.2) is 17.5 Å². The molecule has 5 aliphatic rings. The summed E-state index contributed by atoms with van der Waals surface area (Å²) in [5, 5.41) is 27.3. The largest absolute Gasteiger partial charge is 0.504 e. The van der Waals surface area contributed by atoms with Crippen LogP contribution in [0.4, 0.5) is 5.82 Å². The van der Waals surface area contributed by atoms with Crippen LogP contribution in [0.15, 0.2) is 59.7 Å². The molecule has 2 saturated carbocycles. The van der Waals surface area contributed by atoms with Gasteiger partial charge in [0.2, 0.25) is 5.91 Å². The number of amides is 1. The maximum atomic E-state index is 14.3. The number of anilines is 1. The maximum absolute atomic E-state index is 14.3. The monoisotopic (exact) mass is 955 g/mol. The number of aryl methyl sites for hydroxylation is 2. The number of fused-ring (bicyclic) bond motifs is 7. The number of nitrogen functional groups attached to an aromatic ring is 1. The highest BCUT2D eigenvalue weighted by atomic mass is 33.1. The van der Waals surface area contributed by atoms with Gasteiger partial charge in [-0.3, -0.25) is 14.6 Å². The third-order valence-corrected chi connectivity index (χ3v) is 18.5. The number of hydrogen-bond donors (Lipinski definition) is 5. The van der Waals surface area contributed by atoms with Gasteiger partial charge in [0.25, 0.3) is 0 Å². The van der Waals surface area contributed by atoms with E-state index in [1.807, 2.05) is 38.6 Å². The Bertz CT molecular complexity index is 2170. The normalized spacial score (nSPS) is 27.8. The number of nitrogens with one attached hydrogen (secondary N) is 1. The van der Waals surface area contributed by atoms with E-state index in [9.17, 15) is 19.8 Å². The molecule has 8 rings (SSSR count). The lowest BCUT2D eigenvalue weighted by Gasteiger charge is -2.31. The predicted molar refractivity (Wildman–Crippen MR) is 270 cm³/mol. The second kappa shape index (κ2) is 23.0. The zero-order valence-corrected chi connectivity index (χ0v) is 41.2. The van der Waals surface area contributed by atoms with Crippen LogP contribution >= 0.6 is 21.6 Å². The summed E-state index contributed by atoms with van der Waals surface area (Å²) in [5.74, 6) is 3.17. The van der Waals surface area contributed by atoms with E-state index in [1.165, 1.54) is 12.5 Å². The zero-order valence-electron chi connectivity index (χ0n) is 39.6. The Hall–Kier alpha value is -4.14. The Morgan fingerprint density at radius 2 is 1.78 bits per heavy atom. The van der Waals surface area contributed by atoms with Crippen LogP contribution in [0.3, 0.4) is 0 Å².